The number of carboxylic acid groups (broad SMARTS) is 1. The lowest BCUT2D eigenvalue weighted by atomic mass is 10.2. The van der Waals surface area contributed by atoms with Gasteiger partial charge in [-0.3, -0.25) is 14.6 Å². The number of hydrogen-bond donors (Lipinski definition) is 5. The molecule has 0 aliphatic rings. The van der Waals surface area contributed by atoms with Crippen LogP contribution in [0.1, 0.15) is 12.8 Å². The Bertz CT molecular complexity index is 445. The van der Waals surface area contributed by atoms with E-state index in [1.54, 1.807) is 0 Å². The van der Waals surface area contributed by atoms with E-state index in [2.05, 4.69) is 15.3 Å². The van der Waals surface area contributed by atoms with Gasteiger partial charge in [-0.1, -0.05) is 0 Å². The quantitative estimate of drug-likeness (QED) is 0.406. The van der Waals surface area contributed by atoms with Gasteiger partial charge in [0.25, 0.3) is 5.56 Å². The Morgan fingerprint density at radius 1 is 1.65 bits per heavy atom. The molecule has 17 heavy (non-hydrogen) atoms. The van der Waals surface area contributed by atoms with Crippen molar-refractivity contribution in [1.82, 2.24) is 9.97 Å². The predicted octanol–water partition coefficient (Wildman–Crippen LogP) is -0.921. The van der Waals surface area contributed by atoms with Crippen molar-refractivity contribution in [2.75, 3.05) is 11.9 Å². The number of rotatable bonds is 6. The molecule has 0 aliphatic heterocycles. The number of nitrogens with one attached hydrogen (secondary N) is 2. The number of aliphatic carboxylic acids is 1. The summed E-state index contributed by atoms with van der Waals surface area (Å²) in [6.07, 6.45) is 0.818. The maximum Gasteiger partial charge on any atom is 0.320 e. The van der Waals surface area contributed by atoms with Gasteiger partial charge in [0.1, 0.15) is 6.04 Å². The van der Waals surface area contributed by atoms with E-state index < -0.39 is 17.6 Å². The van der Waals surface area contributed by atoms with Gasteiger partial charge in [0.15, 0.2) is 0 Å². The molecule has 1 heterocycles. The molecule has 0 saturated heterocycles. The van der Waals surface area contributed by atoms with E-state index in [1.165, 1.54) is 0 Å². The molecular formula is C9H14N4O4. The number of aromatic hydroxyl groups is 1. The van der Waals surface area contributed by atoms with Gasteiger partial charge in [-0.2, -0.15) is 4.98 Å². The summed E-state index contributed by atoms with van der Waals surface area (Å²) in [5.41, 5.74) is 4.83. The first-order valence-electron chi connectivity index (χ1n) is 5.01. The molecule has 8 nitrogen and oxygen atoms in total. The Balaban J connectivity index is 2.36. The third-order valence-corrected chi connectivity index (χ3v) is 2.03. The maximum absolute atomic E-state index is 10.9. The zero-order valence-corrected chi connectivity index (χ0v) is 9.01. The first-order chi connectivity index (χ1) is 7.99. The van der Waals surface area contributed by atoms with Crippen LogP contribution in [0, 0.1) is 0 Å². The second kappa shape index (κ2) is 5.85. The highest BCUT2D eigenvalue weighted by Crippen LogP contribution is 2.03. The summed E-state index contributed by atoms with van der Waals surface area (Å²) in [5.74, 6) is -1.29. The molecule has 94 valence electrons. The zero-order chi connectivity index (χ0) is 12.8. The van der Waals surface area contributed by atoms with Gasteiger partial charge in [-0.05, 0) is 12.8 Å². The van der Waals surface area contributed by atoms with Crippen LogP contribution in [0.2, 0.25) is 0 Å². The number of anilines is 1. The highest BCUT2D eigenvalue weighted by molar-refractivity contribution is 5.72. The van der Waals surface area contributed by atoms with Gasteiger partial charge in [-0.25, -0.2) is 0 Å². The van der Waals surface area contributed by atoms with Crippen LogP contribution >= 0.6 is 0 Å². The average Bonchev–Trinajstić information content (AvgIpc) is 2.22. The number of aromatic nitrogens is 2. The van der Waals surface area contributed by atoms with Crippen molar-refractivity contribution in [2.24, 2.45) is 5.73 Å². The Labute approximate surface area is 96.5 Å². The zero-order valence-electron chi connectivity index (χ0n) is 9.01. The summed E-state index contributed by atoms with van der Waals surface area (Å²) in [6.45, 7) is 0.396. The van der Waals surface area contributed by atoms with E-state index in [-0.39, 0.29) is 11.8 Å². The fourth-order valence-corrected chi connectivity index (χ4v) is 1.18. The minimum Gasteiger partial charge on any atom is -0.493 e. The van der Waals surface area contributed by atoms with Crippen molar-refractivity contribution in [3.63, 3.8) is 0 Å². The molecule has 0 unspecified atom stereocenters. The van der Waals surface area contributed by atoms with Crippen molar-refractivity contribution < 1.29 is 15.0 Å². The Morgan fingerprint density at radius 2 is 2.35 bits per heavy atom. The molecule has 0 fully saturated rings. The predicted molar refractivity (Wildman–Crippen MR) is 59.9 cm³/mol. The van der Waals surface area contributed by atoms with Crippen LogP contribution in [0.3, 0.4) is 0 Å². The molecule has 6 N–H and O–H groups in total. The van der Waals surface area contributed by atoms with Gasteiger partial charge in [0.05, 0.1) is 6.07 Å². The SMILES string of the molecule is N[C@@H](CCCNc1nc(O)cc(=O)[nH]1)C(=O)O. The lowest BCUT2D eigenvalue weighted by Crippen LogP contribution is -2.30. The van der Waals surface area contributed by atoms with Crippen molar-refractivity contribution in [2.45, 2.75) is 18.9 Å². The van der Waals surface area contributed by atoms with E-state index in [0.29, 0.717) is 19.4 Å². The molecule has 0 spiro atoms. The second-order valence-electron chi connectivity index (χ2n) is 3.47. The standard InChI is InChI=1S/C9H14N4O4/c10-5(8(16)17)2-1-3-11-9-12-6(14)4-7(15)13-9/h4-5H,1-3,10H2,(H,16,17)(H3,11,12,13,14,15)/t5-/m0/s1. The van der Waals surface area contributed by atoms with Crippen LogP contribution in [0.4, 0.5) is 5.95 Å². The van der Waals surface area contributed by atoms with Crippen LogP contribution in [0.15, 0.2) is 10.9 Å². The van der Waals surface area contributed by atoms with Crippen LogP contribution in [-0.2, 0) is 4.79 Å². The number of nitrogens with zero attached hydrogens (tertiary/aromatic N) is 1. The highest BCUT2D eigenvalue weighted by Gasteiger charge is 2.10. The molecule has 1 aromatic heterocycles. The summed E-state index contributed by atoms with van der Waals surface area (Å²) in [7, 11) is 0. The minimum absolute atomic E-state index is 0.138. The lowest BCUT2D eigenvalue weighted by Gasteiger charge is -2.07. The van der Waals surface area contributed by atoms with Gasteiger partial charge in [-0.15, -0.1) is 0 Å². The van der Waals surface area contributed by atoms with Gasteiger partial charge in [0.2, 0.25) is 11.8 Å². The van der Waals surface area contributed by atoms with Gasteiger partial charge in [0, 0.05) is 6.54 Å². The molecule has 0 saturated carbocycles. The summed E-state index contributed by atoms with van der Waals surface area (Å²) in [6, 6.07) is 0.0545. The topological polar surface area (TPSA) is 141 Å². The lowest BCUT2D eigenvalue weighted by molar-refractivity contribution is -0.138. The molecular weight excluding hydrogens is 228 g/mol. The molecule has 0 radical (unpaired) electrons. The third kappa shape index (κ3) is 4.51. The molecule has 1 aromatic rings. The largest absolute Gasteiger partial charge is 0.493 e. The Hall–Kier alpha value is -2.09. The Kier molecular flexibility index (Phi) is 4.46. The summed E-state index contributed by atoms with van der Waals surface area (Å²) >= 11 is 0. The molecule has 0 amide bonds. The number of hydrogen-bond acceptors (Lipinski definition) is 6. The first-order valence-corrected chi connectivity index (χ1v) is 5.01. The summed E-state index contributed by atoms with van der Waals surface area (Å²) in [5, 5.41) is 20.3. The van der Waals surface area contributed by atoms with Crippen molar-refractivity contribution in [3.05, 3.63) is 16.4 Å². The monoisotopic (exact) mass is 242 g/mol. The molecule has 0 aromatic carbocycles. The first kappa shape index (κ1) is 13.0. The van der Waals surface area contributed by atoms with E-state index in [0.717, 1.165) is 6.07 Å². The smallest absolute Gasteiger partial charge is 0.320 e. The van der Waals surface area contributed by atoms with E-state index in [4.69, 9.17) is 15.9 Å². The Morgan fingerprint density at radius 3 is 2.94 bits per heavy atom. The van der Waals surface area contributed by atoms with Crippen molar-refractivity contribution in [3.8, 4) is 5.88 Å². The fraction of sp³-hybridized carbons (Fsp3) is 0.444. The average molecular weight is 242 g/mol. The highest BCUT2D eigenvalue weighted by atomic mass is 16.4. The van der Waals surface area contributed by atoms with Crippen molar-refractivity contribution in [1.29, 1.82) is 0 Å². The number of nitrogens with two attached hydrogens (primary N) is 1. The number of carboxylic acids is 1. The maximum atomic E-state index is 10.9. The van der Waals surface area contributed by atoms with Crippen molar-refractivity contribution >= 4 is 11.9 Å². The van der Waals surface area contributed by atoms with E-state index in [9.17, 15) is 9.59 Å². The normalized spacial score (nSPS) is 12.1. The molecule has 8 heteroatoms. The van der Waals surface area contributed by atoms with Gasteiger partial charge >= 0.3 is 5.97 Å². The van der Waals surface area contributed by atoms with Crippen LogP contribution in [0.25, 0.3) is 0 Å². The number of H-pyrrole nitrogens is 1. The molecule has 1 rings (SSSR count). The van der Waals surface area contributed by atoms with Crippen LogP contribution in [-0.4, -0.2) is 38.7 Å². The van der Waals surface area contributed by atoms with Crippen LogP contribution in [0.5, 0.6) is 5.88 Å². The van der Waals surface area contributed by atoms with Crippen LogP contribution < -0.4 is 16.6 Å². The molecule has 0 aliphatic carbocycles. The summed E-state index contributed by atoms with van der Waals surface area (Å²) < 4.78 is 0. The molecule has 1 atom stereocenters. The fourth-order valence-electron chi connectivity index (χ4n) is 1.18. The van der Waals surface area contributed by atoms with Gasteiger partial charge < -0.3 is 21.3 Å². The number of carbonyl (C=O) groups is 1. The third-order valence-electron chi connectivity index (χ3n) is 2.03. The van der Waals surface area contributed by atoms with E-state index in [1.807, 2.05) is 0 Å². The number of aromatic amines is 1. The summed E-state index contributed by atoms with van der Waals surface area (Å²) in [4.78, 5) is 27.4. The second-order valence-corrected chi connectivity index (χ2v) is 3.47. The molecule has 0 bridgehead atoms. The minimum atomic E-state index is -1.05. The van der Waals surface area contributed by atoms with E-state index >= 15 is 0 Å².